The summed E-state index contributed by atoms with van der Waals surface area (Å²) in [5.74, 6) is 0. The summed E-state index contributed by atoms with van der Waals surface area (Å²) in [6, 6.07) is 107. The van der Waals surface area contributed by atoms with Crippen LogP contribution in [0, 0.1) is 0 Å². The quantitative estimate of drug-likeness (QED) is 0.135. The fourth-order valence-electron chi connectivity index (χ4n) is 11.1. The van der Waals surface area contributed by atoms with Crippen LogP contribution in [0.3, 0.4) is 0 Å². The topological polar surface area (TPSA) is 6.48 Å². The van der Waals surface area contributed by atoms with Crippen LogP contribution in [0.5, 0.6) is 0 Å². The third-order valence-corrected chi connectivity index (χ3v) is 16.0. The molecule has 1 heterocycles. The molecule has 0 atom stereocenters. The Morgan fingerprint density at radius 2 is 0.680 bits per heavy atom. The van der Waals surface area contributed by atoms with Crippen molar-refractivity contribution in [3.63, 3.8) is 0 Å². The van der Waals surface area contributed by atoms with Gasteiger partial charge in [0.05, 0.1) is 5.69 Å². The summed E-state index contributed by atoms with van der Waals surface area (Å²) in [6.07, 6.45) is 0. The van der Waals surface area contributed by atoms with Crippen molar-refractivity contribution >= 4 is 98.0 Å². The summed E-state index contributed by atoms with van der Waals surface area (Å²) in [6.45, 7) is 0. The van der Waals surface area contributed by atoms with Gasteiger partial charge in [0.1, 0.15) is 0 Å². The predicted molar refractivity (Wildman–Crippen MR) is 323 cm³/mol. The highest BCUT2D eigenvalue weighted by molar-refractivity contribution is 7.26. The van der Waals surface area contributed by atoms with Gasteiger partial charge in [0, 0.05) is 59.6 Å². The van der Waals surface area contributed by atoms with E-state index >= 15 is 0 Å². The van der Waals surface area contributed by atoms with Gasteiger partial charge < -0.3 is 9.80 Å². The van der Waals surface area contributed by atoms with Crippen LogP contribution >= 0.6 is 11.3 Å². The fourth-order valence-corrected chi connectivity index (χ4v) is 12.3. The second-order valence-corrected chi connectivity index (χ2v) is 20.3. The maximum Gasteiger partial charge on any atom is 0.0540 e. The van der Waals surface area contributed by atoms with Gasteiger partial charge in [0.2, 0.25) is 0 Å². The molecule has 1 aromatic heterocycles. The second kappa shape index (κ2) is 18.8. The van der Waals surface area contributed by atoms with Gasteiger partial charge in [-0.25, -0.2) is 0 Å². The third kappa shape index (κ3) is 8.17. The summed E-state index contributed by atoms with van der Waals surface area (Å²) in [5, 5.41) is 9.85. The van der Waals surface area contributed by atoms with Gasteiger partial charge >= 0.3 is 0 Å². The monoisotopic (exact) mass is 972 g/mol. The molecule has 0 saturated carbocycles. The summed E-state index contributed by atoms with van der Waals surface area (Å²) in [7, 11) is 0. The number of benzene rings is 13. The number of nitrogens with zero attached hydrogens (tertiary/aromatic N) is 2. The molecular formula is C72H48N2S. The molecule has 14 rings (SSSR count). The maximum atomic E-state index is 2.45. The lowest BCUT2D eigenvalue weighted by atomic mass is 9.95. The van der Waals surface area contributed by atoms with E-state index in [0.29, 0.717) is 0 Å². The highest BCUT2D eigenvalue weighted by atomic mass is 32.1. The SMILES string of the molecule is c1ccc(-c2ccc(-c3ccc(N(c4cccc(-c5cccc(N(c6ccc7ccccc7c6)c6ccc(-c7cccc8c7sc7ccccc78)c7ccccc67)c5)c4)c4ccc5ccccc5c4)cc3)cc2)cc1. The van der Waals surface area contributed by atoms with E-state index < -0.39 is 0 Å². The van der Waals surface area contributed by atoms with E-state index in [1.165, 1.54) is 85.9 Å². The first-order valence-electron chi connectivity index (χ1n) is 25.6. The van der Waals surface area contributed by atoms with Crippen molar-refractivity contribution in [3.05, 3.63) is 291 Å². The summed E-state index contributed by atoms with van der Waals surface area (Å²) in [4.78, 5) is 4.83. The van der Waals surface area contributed by atoms with Crippen molar-refractivity contribution in [2.24, 2.45) is 0 Å². The van der Waals surface area contributed by atoms with E-state index in [1.54, 1.807) is 0 Å². The highest BCUT2D eigenvalue weighted by Gasteiger charge is 2.21. The van der Waals surface area contributed by atoms with Crippen molar-refractivity contribution in [1.29, 1.82) is 0 Å². The van der Waals surface area contributed by atoms with Gasteiger partial charge in [-0.1, -0.05) is 218 Å². The molecule has 0 saturated heterocycles. The van der Waals surface area contributed by atoms with Gasteiger partial charge in [0.25, 0.3) is 0 Å². The average molecular weight is 973 g/mol. The molecule has 352 valence electrons. The lowest BCUT2D eigenvalue weighted by Gasteiger charge is -2.28. The lowest BCUT2D eigenvalue weighted by Crippen LogP contribution is -2.11. The Morgan fingerprint density at radius 3 is 1.33 bits per heavy atom. The Labute approximate surface area is 440 Å². The molecule has 0 aliphatic rings. The minimum atomic E-state index is 1.08. The van der Waals surface area contributed by atoms with E-state index in [0.717, 1.165) is 45.3 Å². The van der Waals surface area contributed by atoms with Crippen LogP contribution in [-0.4, -0.2) is 0 Å². The van der Waals surface area contributed by atoms with Crippen LogP contribution in [0.1, 0.15) is 0 Å². The molecule has 0 bridgehead atoms. The second-order valence-electron chi connectivity index (χ2n) is 19.3. The molecule has 0 amide bonds. The van der Waals surface area contributed by atoms with Gasteiger partial charge in [-0.15, -0.1) is 11.3 Å². The molecule has 0 radical (unpaired) electrons. The molecule has 14 aromatic rings. The largest absolute Gasteiger partial charge is 0.310 e. The molecule has 3 heteroatoms. The minimum absolute atomic E-state index is 1.08. The van der Waals surface area contributed by atoms with Crippen molar-refractivity contribution in [1.82, 2.24) is 0 Å². The van der Waals surface area contributed by atoms with Crippen LogP contribution < -0.4 is 9.80 Å². The number of anilines is 6. The zero-order chi connectivity index (χ0) is 49.7. The first kappa shape index (κ1) is 44.2. The van der Waals surface area contributed by atoms with Crippen LogP contribution in [-0.2, 0) is 0 Å². The number of hydrogen-bond donors (Lipinski definition) is 0. The molecule has 13 aromatic carbocycles. The molecule has 0 N–H and O–H groups in total. The van der Waals surface area contributed by atoms with Crippen LogP contribution in [0.2, 0.25) is 0 Å². The van der Waals surface area contributed by atoms with Crippen molar-refractivity contribution in [3.8, 4) is 44.5 Å². The molecule has 2 nitrogen and oxygen atoms in total. The van der Waals surface area contributed by atoms with E-state index in [1.807, 2.05) is 11.3 Å². The molecule has 0 aliphatic heterocycles. The van der Waals surface area contributed by atoms with E-state index in [-0.39, 0.29) is 0 Å². The van der Waals surface area contributed by atoms with Gasteiger partial charge in [0.15, 0.2) is 0 Å². The van der Waals surface area contributed by atoms with E-state index in [2.05, 4.69) is 301 Å². The average Bonchev–Trinajstić information content (AvgIpc) is 3.89. The Balaban J connectivity index is 0.875. The Bertz CT molecular complexity index is 4420. The molecular weight excluding hydrogens is 925 g/mol. The zero-order valence-corrected chi connectivity index (χ0v) is 41.8. The van der Waals surface area contributed by atoms with Crippen LogP contribution in [0.4, 0.5) is 34.1 Å². The zero-order valence-electron chi connectivity index (χ0n) is 41.0. The fraction of sp³-hybridized carbons (Fsp3) is 0. The summed E-state index contributed by atoms with van der Waals surface area (Å²) < 4.78 is 2.63. The van der Waals surface area contributed by atoms with Gasteiger partial charge in [-0.05, 0) is 139 Å². The maximum absolute atomic E-state index is 2.45. The number of thiophene rings is 1. The van der Waals surface area contributed by atoms with Crippen molar-refractivity contribution < 1.29 is 0 Å². The molecule has 0 spiro atoms. The van der Waals surface area contributed by atoms with Crippen LogP contribution in [0.25, 0.3) is 97.0 Å². The summed E-state index contributed by atoms with van der Waals surface area (Å²) >= 11 is 1.88. The standard InChI is InChI=1S/C72H48N2S/c1-2-15-49(16-3-1)52-31-33-53(34-32-52)54-35-39-59(40-36-54)73(62-41-37-50-17-4-6-19-55(50)45-62)60-23-12-21-57(47-60)58-22-13-24-61(48-58)74(63-42-38-51-18-5-7-20-56(51)46-63)70-44-43-65(64-25-8-9-26-66(64)70)68-28-14-29-69-67-27-10-11-30-71(67)75-72(68)69/h1-48H. The van der Waals surface area contributed by atoms with Crippen LogP contribution in [0.15, 0.2) is 291 Å². The first-order chi connectivity index (χ1) is 37.2. The first-order valence-corrected chi connectivity index (χ1v) is 26.5. The molecule has 0 unspecified atom stereocenters. The number of hydrogen-bond acceptors (Lipinski definition) is 3. The third-order valence-electron chi connectivity index (χ3n) is 14.8. The Hall–Kier alpha value is -9.54. The summed E-state index contributed by atoms with van der Waals surface area (Å²) in [5.41, 5.74) is 16.1. The van der Waals surface area contributed by atoms with Crippen molar-refractivity contribution in [2.75, 3.05) is 9.80 Å². The minimum Gasteiger partial charge on any atom is -0.310 e. The van der Waals surface area contributed by atoms with E-state index in [9.17, 15) is 0 Å². The van der Waals surface area contributed by atoms with Gasteiger partial charge in [-0.3, -0.25) is 0 Å². The smallest absolute Gasteiger partial charge is 0.0540 e. The number of fused-ring (bicyclic) bond motifs is 6. The predicted octanol–water partition coefficient (Wildman–Crippen LogP) is 21.1. The highest BCUT2D eigenvalue weighted by Crippen LogP contribution is 2.47. The Kier molecular flexibility index (Phi) is 11.1. The molecule has 0 aliphatic carbocycles. The Morgan fingerprint density at radius 1 is 0.227 bits per heavy atom. The van der Waals surface area contributed by atoms with Crippen molar-refractivity contribution in [2.45, 2.75) is 0 Å². The normalized spacial score (nSPS) is 11.5. The molecule has 0 fully saturated rings. The van der Waals surface area contributed by atoms with E-state index in [4.69, 9.17) is 0 Å². The lowest BCUT2D eigenvalue weighted by molar-refractivity contribution is 1.29. The number of rotatable bonds is 10. The molecule has 75 heavy (non-hydrogen) atoms. The van der Waals surface area contributed by atoms with Gasteiger partial charge in [-0.2, -0.15) is 0 Å².